The molecular formula is C13H19NO3. The van der Waals surface area contributed by atoms with Gasteiger partial charge in [0, 0.05) is 13.0 Å². The highest BCUT2D eigenvalue weighted by molar-refractivity contribution is 5.76. The van der Waals surface area contributed by atoms with E-state index in [1.54, 1.807) is 6.92 Å². The van der Waals surface area contributed by atoms with E-state index in [4.69, 9.17) is 0 Å². The van der Waals surface area contributed by atoms with E-state index in [9.17, 15) is 14.7 Å². The molecule has 0 aromatic heterocycles. The Bertz CT molecular complexity index is 363. The summed E-state index contributed by atoms with van der Waals surface area (Å²) in [6, 6.07) is 0.233. The maximum Gasteiger partial charge on any atom is 0.309 e. The lowest BCUT2D eigenvalue weighted by atomic mass is 9.48. The lowest BCUT2D eigenvalue weighted by molar-refractivity contribution is -0.167. The molecule has 4 heteroatoms. The molecule has 0 heterocycles. The van der Waals surface area contributed by atoms with E-state index >= 15 is 0 Å². The quantitative estimate of drug-likeness (QED) is 0.763. The molecule has 4 aliphatic rings. The molecule has 4 nitrogen and oxygen atoms in total. The number of carbonyl (C=O) groups excluding carboxylic acids is 1. The van der Waals surface area contributed by atoms with Crippen LogP contribution in [0, 0.1) is 23.2 Å². The van der Waals surface area contributed by atoms with Gasteiger partial charge in [0.2, 0.25) is 5.91 Å². The molecule has 4 bridgehead atoms. The number of rotatable bonds is 2. The Morgan fingerprint density at radius 1 is 1.18 bits per heavy atom. The van der Waals surface area contributed by atoms with Crippen molar-refractivity contribution in [3.63, 3.8) is 0 Å². The summed E-state index contributed by atoms with van der Waals surface area (Å²) in [4.78, 5) is 22.7. The number of aliphatic carboxylic acids is 1. The van der Waals surface area contributed by atoms with E-state index in [1.165, 1.54) is 0 Å². The summed E-state index contributed by atoms with van der Waals surface area (Å²) in [5, 5.41) is 12.5. The third-order valence-electron chi connectivity index (χ3n) is 5.10. The monoisotopic (exact) mass is 237 g/mol. The molecule has 17 heavy (non-hydrogen) atoms. The van der Waals surface area contributed by atoms with Gasteiger partial charge in [0.15, 0.2) is 0 Å². The van der Waals surface area contributed by atoms with Crippen LogP contribution in [0.3, 0.4) is 0 Å². The second kappa shape index (κ2) is 3.47. The van der Waals surface area contributed by atoms with E-state index in [1.807, 2.05) is 0 Å². The van der Waals surface area contributed by atoms with Crippen molar-refractivity contribution in [3.05, 3.63) is 0 Å². The van der Waals surface area contributed by atoms with Gasteiger partial charge in [-0.2, -0.15) is 0 Å². The molecule has 0 aromatic rings. The van der Waals surface area contributed by atoms with Gasteiger partial charge in [-0.25, -0.2) is 0 Å². The third kappa shape index (κ3) is 1.57. The smallest absolute Gasteiger partial charge is 0.309 e. The maximum atomic E-state index is 11.5. The van der Waals surface area contributed by atoms with Crippen LogP contribution in [0.15, 0.2) is 0 Å². The van der Waals surface area contributed by atoms with E-state index in [0.717, 1.165) is 32.1 Å². The summed E-state index contributed by atoms with van der Waals surface area (Å²) in [7, 11) is 0. The van der Waals surface area contributed by atoms with Gasteiger partial charge in [-0.05, 0) is 49.9 Å². The summed E-state index contributed by atoms with van der Waals surface area (Å²) in [5.41, 5.74) is -0.467. The van der Waals surface area contributed by atoms with Crippen LogP contribution in [0.2, 0.25) is 0 Å². The molecule has 2 N–H and O–H groups in total. The number of carboxylic acid groups (broad SMARTS) is 1. The fourth-order valence-electron chi connectivity index (χ4n) is 4.76. The summed E-state index contributed by atoms with van der Waals surface area (Å²) in [6.07, 6.45) is 4.61. The first-order chi connectivity index (χ1) is 8.00. The molecule has 4 aliphatic carbocycles. The Morgan fingerprint density at radius 2 is 1.76 bits per heavy atom. The number of amides is 1. The topological polar surface area (TPSA) is 66.4 Å². The number of hydrogen-bond acceptors (Lipinski definition) is 2. The Labute approximate surface area is 101 Å². The summed E-state index contributed by atoms with van der Waals surface area (Å²) < 4.78 is 0. The maximum absolute atomic E-state index is 11.5. The largest absolute Gasteiger partial charge is 0.481 e. The zero-order valence-electron chi connectivity index (χ0n) is 10.1. The molecule has 0 aromatic carbocycles. The second-order valence-electron chi connectivity index (χ2n) is 6.28. The lowest BCUT2D eigenvalue weighted by Gasteiger charge is -2.58. The average molecular weight is 237 g/mol. The molecule has 5 atom stereocenters. The minimum Gasteiger partial charge on any atom is -0.481 e. The third-order valence-corrected chi connectivity index (χ3v) is 5.10. The number of carbonyl (C=O) groups is 2. The fraction of sp³-hybridized carbons (Fsp3) is 0.846. The van der Waals surface area contributed by atoms with Crippen LogP contribution in [0.25, 0.3) is 0 Å². The van der Waals surface area contributed by atoms with E-state index in [0.29, 0.717) is 17.8 Å². The van der Waals surface area contributed by atoms with Crippen LogP contribution in [0.5, 0.6) is 0 Å². The summed E-state index contributed by atoms with van der Waals surface area (Å²) in [5.74, 6) is 0.765. The predicted octanol–water partition coefficient (Wildman–Crippen LogP) is 1.40. The van der Waals surface area contributed by atoms with Gasteiger partial charge in [0.1, 0.15) is 0 Å². The highest BCUT2D eigenvalue weighted by atomic mass is 16.4. The molecule has 4 saturated carbocycles. The lowest BCUT2D eigenvalue weighted by Crippen LogP contribution is -2.60. The van der Waals surface area contributed by atoms with E-state index < -0.39 is 11.4 Å². The van der Waals surface area contributed by atoms with Crippen LogP contribution in [-0.2, 0) is 9.59 Å². The summed E-state index contributed by atoms with van der Waals surface area (Å²) >= 11 is 0. The van der Waals surface area contributed by atoms with Crippen molar-refractivity contribution in [2.24, 2.45) is 23.2 Å². The van der Waals surface area contributed by atoms with Gasteiger partial charge in [-0.1, -0.05) is 0 Å². The Kier molecular flexibility index (Phi) is 2.25. The molecule has 0 saturated heterocycles. The average Bonchev–Trinajstić information content (AvgIpc) is 2.22. The molecule has 94 valence electrons. The Hall–Kier alpha value is -1.06. The molecule has 0 aliphatic heterocycles. The van der Waals surface area contributed by atoms with Gasteiger partial charge in [0.05, 0.1) is 5.41 Å². The van der Waals surface area contributed by atoms with Crippen molar-refractivity contribution in [1.82, 2.24) is 5.32 Å². The van der Waals surface area contributed by atoms with Gasteiger partial charge in [-0.15, -0.1) is 0 Å². The van der Waals surface area contributed by atoms with Gasteiger partial charge in [-0.3, -0.25) is 9.59 Å². The van der Waals surface area contributed by atoms with Crippen molar-refractivity contribution in [2.75, 3.05) is 0 Å². The molecule has 4 fully saturated rings. The van der Waals surface area contributed by atoms with Crippen molar-refractivity contribution in [1.29, 1.82) is 0 Å². The van der Waals surface area contributed by atoms with Gasteiger partial charge < -0.3 is 10.4 Å². The van der Waals surface area contributed by atoms with Crippen molar-refractivity contribution >= 4 is 11.9 Å². The first-order valence-corrected chi connectivity index (χ1v) is 6.51. The minimum absolute atomic E-state index is 0.0202. The van der Waals surface area contributed by atoms with Gasteiger partial charge >= 0.3 is 5.97 Å². The highest BCUT2D eigenvalue weighted by Crippen LogP contribution is 2.60. The predicted molar refractivity (Wildman–Crippen MR) is 61.2 cm³/mol. The van der Waals surface area contributed by atoms with Crippen LogP contribution >= 0.6 is 0 Å². The molecular weight excluding hydrogens is 218 g/mol. The summed E-state index contributed by atoms with van der Waals surface area (Å²) in [6.45, 7) is 1.55. The van der Waals surface area contributed by atoms with Gasteiger partial charge in [0.25, 0.3) is 0 Å². The molecule has 3 unspecified atom stereocenters. The number of hydrogen-bond donors (Lipinski definition) is 2. The van der Waals surface area contributed by atoms with Crippen molar-refractivity contribution in [3.8, 4) is 0 Å². The number of carboxylic acids is 1. The van der Waals surface area contributed by atoms with E-state index in [-0.39, 0.29) is 11.9 Å². The first-order valence-electron chi connectivity index (χ1n) is 6.51. The minimum atomic E-state index is -0.613. The molecule has 0 radical (unpaired) electrons. The molecule has 4 rings (SSSR count). The van der Waals surface area contributed by atoms with Crippen LogP contribution in [0.4, 0.5) is 0 Å². The van der Waals surface area contributed by atoms with Crippen LogP contribution in [0.1, 0.15) is 39.0 Å². The van der Waals surface area contributed by atoms with Crippen molar-refractivity contribution < 1.29 is 14.7 Å². The Morgan fingerprint density at radius 3 is 2.24 bits per heavy atom. The molecule has 1 amide bonds. The SMILES string of the molecule is CC(=O)NC1C2C[C@@H]3C[C@@H]1CC(C(=O)O)(C2)C3. The van der Waals surface area contributed by atoms with Crippen molar-refractivity contribution in [2.45, 2.75) is 45.1 Å². The normalized spacial score (nSPS) is 46.9. The van der Waals surface area contributed by atoms with Crippen LogP contribution < -0.4 is 5.32 Å². The van der Waals surface area contributed by atoms with Crippen LogP contribution in [-0.4, -0.2) is 23.0 Å². The first kappa shape index (κ1) is 11.1. The number of nitrogens with one attached hydrogen (secondary N) is 1. The Balaban J connectivity index is 1.85. The highest BCUT2D eigenvalue weighted by Gasteiger charge is 2.58. The standard InChI is InChI=1S/C13H19NO3/c1-7(15)14-11-9-2-8-3-10(11)6-13(4-8,5-9)12(16)17/h8-11H,2-6H2,1H3,(H,14,15)(H,16,17)/t8-,9+,10?,11?,13?/m0/s1. The second-order valence-corrected chi connectivity index (χ2v) is 6.28. The zero-order valence-corrected chi connectivity index (χ0v) is 10.1. The van der Waals surface area contributed by atoms with E-state index in [2.05, 4.69) is 5.32 Å². The zero-order chi connectivity index (χ0) is 12.2. The molecule has 0 spiro atoms. The fourth-order valence-corrected chi connectivity index (χ4v) is 4.76.